The van der Waals surface area contributed by atoms with E-state index in [0.29, 0.717) is 26.1 Å². The Morgan fingerprint density at radius 3 is 2.79 bits per heavy atom. The number of benzene rings is 1. The van der Waals surface area contributed by atoms with Gasteiger partial charge in [-0.25, -0.2) is 12.7 Å². The number of hydrogen-bond donors (Lipinski definition) is 2. The smallest absolute Gasteiger partial charge is 0.214 e. The van der Waals surface area contributed by atoms with Crippen LogP contribution in [0.5, 0.6) is 0 Å². The highest BCUT2D eigenvalue weighted by molar-refractivity contribution is 7.89. The van der Waals surface area contributed by atoms with Crippen LogP contribution < -0.4 is 10.6 Å². The van der Waals surface area contributed by atoms with Crippen LogP contribution in [0.25, 0.3) is 10.9 Å². The van der Waals surface area contributed by atoms with Gasteiger partial charge >= 0.3 is 0 Å². The SMILES string of the molecule is Cc1cc(COC2CCN(S(=O)(=O)CCC3CNCN3)CC2)c2ccccc2n1. The van der Waals surface area contributed by atoms with Gasteiger partial charge in [0.25, 0.3) is 0 Å². The number of rotatable bonds is 7. The van der Waals surface area contributed by atoms with Gasteiger partial charge in [0, 0.05) is 43.4 Å². The molecule has 4 rings (SSSR count). The van der Waals surface area contributed by atoms with Crippen LogP contribution in [0.3, 0.4) is 0 Å². The molecule has 1 atom stereocenters. The molecule has 158 valence electrons. The predicted octanol–water partition coefficient (Wildman–Crippen LogP) is 1.76. The van der Waals surface area contributed by atoms with Gasteiger partial charge in [0.05, 0.1) is 24.0 Å². The molecule has 1 aromatic carbocycles. The molecular formula is C21H30N4O3S. The fourth-order valence-electron chi connectivity index (χ4n) is 4.16. The van der Waals surface area contributed by atoms with Gasteiger partial charge in [0.15, 0.2) is 0 Å². The average Bonchev–Trinajstić information content (AvgIpc) is 3.24. The van der Waals surface area contributed by atoms with E-state index in [1.807, 2.05) is 25.1 Å². The summed E-state index contributed by atoms with van der Waals surface area (Å²) in [6.07, 6.45) is 2.23. The summed E-state index contributed by atoms with van der Waals surface area (Å²) >= 11 is 0. The first kappa shape index (κ1) is 20.7. The monoisotopic (exact) mass is 418 g/mol. The first-order chi connectivity index (χ1) is 14.0. The molecule has 2 fully saturated rings. The molecule has 29 heavy (non-hydrogen) atoms. The first-order valence-corrected chi connectivity index (χ1v) is 12.0. The number of piperidine rings is 1. The summed E-state index contributed by atoms with van der Waals surface area (Å²) in [5.74, 6) is 0.208. The van der Waals surface area contributed by atoms with E-state index in [9.17, 15) is 8.42 Å². The van der Waals surface area contributed by atoms with E-state index >= 15 is 0 Å². The number of ether oxygens (including phenoxy) is 1. The molecule has 0 saturated carbocycles. The van der Waals surface area contributed by atoms with Gasteiger partial charge in [-0.3, -0.25) is 4.98 Å². The molecule has 7 nitrogen and oxygen atoms in total. The Morgan fingerprint density at radius 1 is 1.24 bits per heavy atom. The van der Waals surface area contributed by atoms with E-state index in [1.165, 1.54) is 0 Å². The van der Waals surface area contributed by atoms with E-state index in [4.69, 9.17) is 4.74 Å². The van der Waals surface area contributed by atoms with Crippen molar-refractivity contribution in [2.45, 2.75) is 44.9 Å². The molecule has 0 amide bonds. The summed E-state index contributed by atoms with van der Waals surface area (Å²) in [5, 5.41) is 7.58. The number of nitrogens with one attached hydrogen (secondary N) is 2. The van der Waals surface area contributed by atoms with Crippen molar-refractivity contribution in [1.82, 2.24) is 19.9 Å². The minimum absolute atomic E-state index is 0.0920. The standard InChI is InChI=1S/C21H30N4O3S/c1-16-12-17(20-4-2-3-5-21(20)24-16)14-28-19-6-9-25(10-7-19)29(26,27)11-8-18-13-22-15-23-18/h2-5,12,18-19,22-23H,6-11,13-15H2,1H3. The quantitative estimate of drug-likeness (QED) is 0.713. The van der Waals surface area contributed by atoms with Gasteiger partial charge in [0.2, 0.25) is 10.0 Å². The molecule has 2 N–H and O–H groups in total. The van der Waals surface area contributed by atoms with Crippen molar-refractivity contribution in [3.05, 3.63) is 41.6 Å². The molecule has 8 heteroatoms. The first-order valence-electron chi connectivity index (χ1n) is 10.4. The van der Waals surface area contributed by atoms with E-state index in [2.05, 4.69) is 27.8 Å². The lowest BCUT2D eigenvalue weighted by Crippen LogP contribution is -2.42. The third-order valence-corrected chi connectivity index (χ3v) is 7.73. The molecule has 2 saturated heterocycles. The Hall–Kier alpha value is -1.58. The highest BCUT2D eigenvalue weighted by atomic mass is 32.2. The van der Waals surface area contributed by atoms with E-state index in [1.54, 1.807) is 4.31 Å². The zero-order valence-corrected chi connectivity index (χ0v) is 17.7. The second-order valence-electron chi connectivity index (χ2n) is 7.99. The minimum atomic E-state index is -3.19. The van der Waals surface area contributed by atoms with Crippen LogP contribution in [0.4, 0.5) is 0 Å². The van der Waals surface area contributed by atoms with Crippen LogP contribution in [0.2, 0.25) is 0 Å². The number of pyridine rings is 1. The molecule has 3 heterocycles. The summed E-state index contributed by atoms with van der Waals surface area (Å²) in [7, 11) is -3.19. The third-order valence-electron chi connectivity index (χ3n) is 5.83. The molecular weight excluding hydrogens is 388 g/mol. The number of nitrogens with zero attached hydrogens (tertiary/aromatic N) is 2. The van der Waals surface area contributed by atoms with Crippen LogP contribution >= 0.6 is 0 Å². The second kappa shape index (κ2) is 9.06. The Morgan fingerprint density at radius 2 is 2.03 bits per heavy atom. The zero-order valence-electron chi connectivity index (χ0n) is 16.9. The molecule has 0 aliphatic carbocycles. The molecule has 0 bridgehead atoms. The molecule has 1 aromatic heterocycles. The number of aromatic nitrogens is 1. The molecule has 0 radical (unpaired) electrons. The number of fused-ring (bicyclic) bond motifs is 1. The van der Waals surface area contributed by atoms with Crippen molar-refractivity contribution >= 4 is 20.9 Å². The fraction of sp³-hybridized carbons (Fsp3) is 0.571. The van der Waals surface area contributed by atoms with E-state index < -0.39 is 10.0 Å². The van der Waals surface area contributed by atoms with Crippen molar-refractivity contribution < 1.29 is 13.2 Å². The van der Waals surface area contributed by atoms with E-state index in [0.717, 1.165) is 48.2 Å². The largest absolute Gasteiger partial charge is 0.373 e. The molecule has 0 spiro atoms. The normalized spacial score (nSPS) is 21.8. The van der Waals surface area contributed by atoms with Gasteiger partial charge < -0.3 is 15.4 Å². The number of aryl methyl sites for hydroxylation is 1. The van der Waals surface area contributed by atoms with Crippen molar-refractivity contribution in [3.63, 3.8) is 0 Å². The Kier molecular flexibility index (Phi) is 6.46. The summed E-state index contributed by atoms with van der Waals surface area (Å²) in [6, 6.07) is 10.4. The molecule has 2 aliphatic heterocycles. The Labute approximate surface area is 172 Å². The van der Waals surface area contributed by atoms with Gasteiger partial charge in [-0.15, -0.1) is 0 Å². The van der Waals surface area contributed by atoms with Crippen LogP contribution in [-0.4, -0.2) is 61.9 Å². The lowest BCUT2D eigenvalue weighted by atomic mass is 10.1. The summed E-state index contributed by atoms with van der Waals surface area (Å²) in [4.78, 5) is 4.58. The van der Waals surface area contributed by atoms with Crippen molar-refractivity contribution in [1.29, 1.82) is 0 Å². The summed E-state index contributed by atoms with van der Waals surface area (Å²) in [5.41, 5.74) is 3.11. The number of hydrogen-bond acceptors (Lipinski definition) is 6. The molecule has 2 aliphatic rings. The van der Waals surface area contributed by atoms with Gasteiger partial charge in [-0.2, -0.15) is 0 Å². The highest BCUT2D eigenvalue weighted by Crippen LogP contribution is 2.23. The van der Waals surface area contributed by atoms with Gasteiger partial charge in [-0.05, 0) is 43.9 Å². The van der Waals surface area contributed by atoms with Gasteiger partial charge in [0.1, 0.15) is 0 Å². The van der Waals surface area contributed by atoms with Crippen LogP contribution in [0.15, 0.2) is 30.3 Å². The second-order valence-corrected chi connectivity index (χ2v) is 10.1. The maximum Gasteiger partial charge on any atom is 0.214 e. The van der Waals surface area contributed by atoms with Crippen molar-refractivity contribution in [3.8, 4) is 0 Å². The topological polar surface area (TPSA) is 83.6 Å². The van der Waals surface area contributed by atoms with Crippen molar-refractivity contribution in [2.75, 3.05) is 32.1 Å². The maximum absolute atomic E-state index is 12.6. The lowest BCUT2D eigenvalue weighted by Gasteiger charge is -2.31. The molecule has 2 aromatic rings. The van der Waals surface area contributed by atoms with Gasteiger partial charge in [-0.1, -0.05) is 18.2 Å². The maximum atomic E-state index is 12.6. The number of sulfonamides is 1. The summed E-state index contributed by atoms with van der Waals surface area (Å²) < 4.78 is 33.1. The minimum Gasteiger partial charge on any atom is -0.373 e. The fourth-order valence-corrected chi connectivity index (χ4v) is 5.77. The Balaban J connectivity index is 1.29. The van der Waals surface area contributed by atoms with Crippen LogP contribution in [0, 0.1) is 6.92 Å². The zero-order chi connectivity index (χ0) is 20.3. The van der Waals surface area contributed by atoms with Crippen molar-refractivity contribution in [2.24, 2.45) is 0 Å². The van der Waals surface area contributed by atoms with Crippen LogP contribution in [-0.2, 0) is 21.4 Å². The molecule has 1 unspecified atom stereocenters. The van der Waals surface area contributed by atoms with E-state index in [-0.39, 0.29) is 17.9 Å². The lowest BCUT2D eigenvalue weighted by molar-refractivity contribution is 0.0107. The Bertz CT molecular complexity index is 936. The van der Waals surface area contributed by atoms with Crippen LogP contribution in [0.1, 0.15) is 30.5 Å². The predicted molar refractivity (Wildman–Crippen MR) is 114 cm³/mol. The highest BCUT2D eigenvalue weighted by Gasteiger charge is 2.29. The average molecular weight is 419 g/mol. The summed E-state index contributed by atoms with van der Waals surface area (Å²) in [6.45, 7) is 5.21. The number of para-hydroxylation sites is 1. The third kappa shape index (κ3) is 5.13.